The van der Waals surface area contributed by atoms with Crippen LogP contribution in [-0.4, -0.2) is 59.4 Å². The average Bonchev–Trinajstić information content (AvgIpc) is 2.61. The molecular formula is C18H24N2O4. The molecule has 1 heterocycles. The molecule has 1 unspecified atom stereocenters. The van der Waals surface area contributed by atoms with E-state index in [1.54, 1.807) is 24.1 Å². The number of amides is 2. The summed E-state index contributed by atoms with van der Waals surface area (Å²) in [6.07, 6.45) is 2.18. The Hall–Kier alpha value is -2.37. The average molecular weight is 332 g/mol. The highest BCUT2D eigenvalue weighted by atomic mass is 16.4. The summed E-state index contributed by atoms with van der Waals surface area (Å²) in [7, 11) is 1.59. The second-order valence-electron chi connectivity index (χ2n) is 6.23. The quantitative estimate of drug-likeness (QED) is 0.889. The highest BCUT2D eigenvalue weighted by Crippen LogP contribution is 2.17. The molecule has 2 rings (SSSR count). The van der Waals surface area contributed by atoms with E-state index in [-0.39, 0.29) is 24.9 Å². The minimum atomic E-state index is -0.868. The summed E-state index contributed by atoms with van der Waals surface area (Å²) in [6, 6.07) is 7.35. The van der Waals surface area contributed by atoms with Gasteiger partial charge in [-0.1, -0.05) is 19.1 Å². The van der Waals surface area contributed by atoms with Crippen LogP contribution in [0.3, 0.4) is 0 Å². The summed E-state index contributed by atoms with van der Waals surface area (Å²) in [6.45, 7) is 2.78. The SMILES string of the molecule is CCc1ccc(C(=O)N(C)CC(=O)N2CCCC(C(=O)O)C2)cc1. The van der Waals surface area contributed by atoms with Gasteiger partial charge in [0.15, 0.2) is 0 Å². The maximum atomic E-state index is 12.4. The third-order valence-electron chi connectivity index (χ3n) is 4.45. The fourth-order valence-corrected chi connectivity index (χ4v) is 2.88. The fraction of sp³-hybridized carbons (Fsp3) is 0.500. The van der Waals surface area contributed by atoms with E-state index >= 15 is 0 Å². The van der Waals surface area contributed by atoms with Crippen LogP contribution in [0.25, 0.3) is 0 Å². The highest BCUT2D eigenvalue weighted by Gasteiger charge is 2.29. The molecule has 6 nitrogen and oxygen atoms in total. The van der Waals surface area contributed by atoms with Gasteiger partial charge in [-0.25, -0.2) is 0 Å². The predicted octanol–water partition coefficient (Wildman–Crippen LogP) is 1.64. The van der Waals surface area contributed by atoms with Crippen molar-refractivity contribution in [3.8, 4) is 0 Å². The van der Waals surface area contributed by atoms with Gasteiger partial charge in [0.2, 0.25) is 5.91 Å². The predicted molar refractivity (Wildman–Crippen MR) is 89.7 cm³/mol. The molecule has 0 bridgehead atoms. The summed E-state index contributed by atoms with van der Waals surface area (Å²) >= 11 is 0. The van der Waals surface area contributed by atoms with Crippen molar-refractivity contribution in [2.45, 2.75) is 26.2 Å². The number of aliphatic carboxylic acids is 1. The zero-order valence-electron chi connectivity index (χ0n) is 14.2. The lowest BCUT2D eigenvalue weighted by Crippen LogP contribution is -2.46. The van der Waals surface area contributed by atoms with Crippen molar-refractivity contribution >= 4 is 17.8 Å². The third-order valence-corrected chi connectivity index (χ3v) is 4.45. The van der Waals surface area contributed by atoms with Crippen molar-refractivity contribution in [3.63, 3.8) is 0 Å². The van der Waals surface area contributed by atoms with E-state index < -0.39 is 11.9 Å². The maximum Gasteiger partial charge on any atom is 0.308 e. The normalized spacial score (nSPS) is 17.4. The van der Waals surface area contributed by atoms with E-state index in [0.717, 1.165) is 12.0 Å². The van der Waals surface area contributed by atoms with Crippen LogP contribution in [0.5, 0.6) is 0 Å². The van der Waals surface area contributed by atoms with E-state index in [0.29, 0.717) is 24.9 Å². The second kappa shape index (κ2) is 7.95. The number of carbonyl (C=O) groups is 3. The molecule has 1 aliphatic heterocycles. The van der Waals surface area contributed by atoms with E-state index in [1.807, 2.05) is 19.1 Å². The molecule has 2 amide bonds. The summed E-state index contributed by atoms with van der Waals surface area (Å²) in [4.78, 5) is 38.8. The highest BCUT2D eigenvalue weighted by molar-refractivity contribution is 5.96. The number of carbonyl (C=O) groups excluding carboxylic acids is 2. The molecule has 6 heteroatoms. The molecule has 1 aromatic rings. The Morgan fingerprint density at radius 3 is 2.50 bits per heavy atom. The van der Waals surface area contributed by atoms with Crippen LogP contribution in [0.4, 0.5) is 0 Å². The Kier molecular flexibility index (Phi) is 5.95. The Labute approximate surface area is 142 Å². The number of nitrogens with zero attached hydrogens (tertiary/aromatic N) is 2. The molecule has 0 saturated carbocycles. The van der Waals surface area contributed by atoms with E-state index in [4.69, 9.17) is 5.11 Å². The molecule has 0 aliphatic carbocycles. The van der Waals surface area contributed by atoms with Crippen LogP contribution in [-0.2, 0) is 16.0 Å². The van der Waals surface area contributed by atoms with Crippen LogP contribution in [0.1, 0.15) is 35.7 Å². The zero-order valence-corrected chi connectivity index (χ0v) is 14.2. The summed E-state index contributed by atoms with van der Waals surface area (Å²) < 4.78 is 0. The van der Waals surface area contributed by atoms with Crippen molar-refractivity contribution in [2.24, 2.45) is 5.92 Å². The Balaban J connectivity index is 1.94. The Morgan fingerprint density at radius 2 is 1.92 bits per heavy atom. The number of carboxylic acids is 1. The lowest BCUT2D eigenvalue weighted by Gasteiger charge is -2.32. The number of likely N-dealkylation sites (tertiary alicyclic amines) is 1. The van der Waals surface area contributed by atoms with Gasteiger partial charge in [-0.2, -0.15) is 0 Å². The van der Waals surface area contributed by atoms with Crippen molar-refractivity contribution < 1.29 is 19.5 Å². The topological polar surface area (TPSA) is 77.9 Å². The van der Waals surface area contributed by atoms with Gasteiger partial charge in [0.25, 0.3) is 5.91 Å². The molecule has 130 valence electrons. The van der Waals surface area contributed by atoms with Gasteiger partial charge in [0.05, 0.1) is 12.5 Å². The van der Waals surface area contributed by atoms with Crippen LogP contribution in [0, 0.1) is 5.92 Å². The van der Waals surface area contributed by atoms with Gasteiger partial charge in [-0.3, -0.25) is 14.4 Å². The molecule has 24 heavy (non-hydrogen) atoms. The number of likely N-dealkylation sites (N-methyl/N-ethyl adjacent to an activating group) is 1. The standard InChI is InChI=1S/C18H24N2O4/c1-3-13-6-8-14(9-7-13)17(22)19(2)12-16(21)20-10-4-5-15(11-20)18(23)24/h6-9,15H,3-5,10-12H2,1-2H3,(H,23,24). The molecule has 0 aromatic heterocycles. The molecule has 1 aromatic carbocycles. The second-order valence-corrected chi connectivity index (χ2v) is 6.23. The molecule has 1 N–H and O–H groups in total. The van der Waals surface area contributed by atoms with Crippen molar-refractivity contribution in [2.75, 3.05) is 26.7 Å². The number of benzene rings is 1. The van der Waals surface area contributed by atoms with Crippen LogP contribution in [0.15, 0.2) is 24.3 Å². The number of piperidine rings is 1. The third kappa shape index (κ3) is 4.34. The van der Waals surface area contributed by atoms with Gasteiger partial charge >= 0.3 is 5.97 Å². The number of hydrogen-bond acceptors (Lipinski definition) is 3. The van der Waals surface area contributed by atoms with E-state index in [2.05, 4.69) is 0 Å². The number of rotatable bonds is 5. The van der Waals surface area contributed by atoms with Gasteiger partial charge in [-0.15, -0.1) is 0 Å². The number of aryl methyl sites for hydroxylation is 1. The first-order valence-corrected chi connectivity index (χ1v) is 8.27. The largest absolute Gasteiger partial charge is 0.481 e. The minimum Gasteiger partial charge on any atom is -0.481 e. The van der Waals surface area contributed by atoms with E-state index in [1.165, 1.54) is 4.90 Å². The summed E-state index contributed by atoms with van der Waals surface area (Å²) in [5, 5.41) is 9.10. The zero-order chi connectivity index (χ0) is 17.7. The first-order valence-electron chi connectivity index (χ1n) is 8.27. The monoisotopic (exact) mass is 332 g/mol. The van der Waals surface area contributed by atoms with Crippen molar-refractivity contribution in [1.82, 2.24) is 9.80 Å². The lowest BCUT2D eigenvalue weighted by atomic mass is 9.98. The van der Waals surface area contributed by atoms with Crippen LogP contribution in [0.2, 0.25) is 0 Å². The maximum absolute atomic E-state index is 12.4. The first kappa shape index (κ1) is 18.0. The molecule has 1 atom stereocenters. The first-order chi connectivity index (χ1) is 11.4. The molecule has 1 fully saturated rings. The van der Waals surface area contributed by atoms with Crippen LogP contribution >= 0.6 is 0 Å². The van der Waals surface area contributed by atoms with Gasteiger partial charge in [0, 0.05) is 25.7 Å². The van der Waals surface area contributed by atoms with Crippen molar-refractivity contribution in [1.29, 1.82) is 0 Å². The van der Waals surface area contributed by atoms with E-state index in [9.17, 15) is 14.4 Å². The summed E-state index contributed by atoms with van der Waals surface area (Å²) in [5.74, 6) is -1.79. The minimum absolute atomic E-state index is 0.0410. The molecule has 0 spiro atoms. The smallest absolute Gasteiger partial charge is 0.308 e. The lowest BCUT2D eigenvalue weighted by molar-refractivity contribution is -0.145. The van der Waals surface area contributed by atoms with Gasteiger partial charge in [-0.05, 0) is 37.0 Å². The molecular weight excluding hydrogens is 308 g/mol. The fourth-order valence-electron chi connectivity index (χ4n) is 2.88. The Morgan fingerprint density at radius 1 is 1.25 bits per heavy atom. The van der Waals surface area contributed by atoms with Crippen LogP contribution < -0.4 is 0 Å². The molecule has 1 saturated heterocycles. The number of carboxylic acid groups (broad SMARTS) is 1. The molecule has 1 aliphatic rings. The van der Waals surface area contributed by atoms with Crippen molar-refractivity contribution in [3.05, 3.63) is 35.4 Å². The van der Waals surface area contributed by atoms with Gasteiger partial charge < -0.3 is 14.9 Å². The number of hydrogen-bond donors (Lipinski definition) is 1. The van der Waals surface area contributed by atoms with Gasteiger partial charge in [0.1, 0.15) is 0 Å². The summed E-state index contributed by atoms with van der Waals surface area (Å²) in [5.41, 5.74) is 1.70. The Bertz CT molecular complexity index is 612. The molecule has 0 radical (unpaired) electrons.